The van der Waals surface area contributed by atoms with Gasteiger partial charge in [-0.2, -0.15) is 5.10 Å². The van der Waals surface area contributed by atoms with Crippen LogP contribution in [0.5, 0.6) is 0 Å². The van der Waals surface area contributed by atoms with Crippen molar-refractivity contribution in [2.75, 3.05) is 0 Å². The quantitative estimate of drug-likeness (QED) is 0.593. The number of rotatable bonds is 5. The van der Waals surface area contributed by atoms with Gasteiger partial charge in [-0.3, -0.25) is 10.5 Å². The summed E-state index contributed by atoms with van der Waals surface area (Å²) < 4.78 is 4.03. The SMILES string of the molecule is CCCn1ncc(Br)c1C(NN)c1ccc(Br)cc1C. The molecule has 0 spiro atoms. The van der Waals surface area contributed by atoms with E-state index in [9.17, 15) is 0 Å². The topological polar surface area (TPSA) is 55.9 Å². The minimum atomic E-state index is -0.0912. The Morgan fingerprint density at radius 3 is 2.75 bits per heavy atom. The van der Waals surface area contributed by atoms with Crippen molar-refractivity contribution in [2.45, 2.75) is 32.9 Å². The van der Waals surface area contributed by atoms with E-state index in [1.807, 2.05) is 16.9 Å². The fraction of sp³-hybridized carbons (Fsp3) is 0.357. The lowest BCUT2D eigenvalue weighted by Gasteiger charge is -2.21. The fourth-order valence-electron chi connectivity index (χ4n) is 2.33. The van der Waals surface area contributed by atoms with Gasteiger partial charge in [0, 0.05) is 11.0 Å². The molecule has 20 heavy (non-hydrogen) atoms. The van der Waals surface area contributed by atoms with Gasteiger partial charge in [0.2, 0.25) is 0 Å². The number of nitrogens with two attached hydrogens (primary N) is 1. The molecule has 0 saturated carbocycles. The van der Waals surface area contributed by atoms with Crippen molar-refractivity contribution in [3.8, 4) is 0 Å². The van der Waals surface area contributed by atoms with E-state index < -0.39 is 0 Å². The second-order valence-electron chi connectivity index (χ2n) is 4.70. The largest absolute Gasteiger partial charge is 0.271 e. The molecular formula is C14H18Br2N4. The highest BCUT2D eigenvalue weighted by Gasteiger charge is 2.22. The van der Waals surface area contributed by atoms with Crippen molar-refractivity contribution in [1.82, 2.24) is 15.2 Å². The molecule has 0 bridgehead atoms. The summed E-state index contributed by atoms with van der Waals surface area (Å²) in [4.78, 5) is 0. The molecule has 1 aromatic carbocycles. The van der Waals surface area contributed by atoms with Crippen LogP contribution < -0.4 is 11.3 Å². The van der Waals surface area contributed by atoms with Crippen LogP contribution in [-0.2, 0) is 6.54 Å². The molecular weight excluding hydrogens is 384 g/mol. The van der Waals surface area contributed by atoms with Crippen molar-refractivity contribution in [3.05, 3.63) is 50.2 Å². The third-order valence-corrected chi connectivity index (χ3v) is 4.36. The third kappa shape index (κ3) is 3.14. The monoisotopic (exact) mass is 400 g/mol. The second kappa shape index (κ2) is 6.85. The van der Waals surface area contributed by atoms with Gasteiger partial charge >= 0.3 is 0 Å². The molecule has 4 nitrogen and oxygen atoms in total. The fourth-order valence-corrected chi connectivity index (χ4v) is 3.33. The minimum Gasteiger partial charge on any atom is -0.271 e. The van der Waals surface area contributed by atoms with E-state index in [-0.39, 0.29) is 6.04 Å². The summed E-state index contributed by atoms with van der Waals surface area (Å²) in [6, 6.07) is 6.11. The van der Waals surface area contributed by atoms with E-state index >= 15 is 0 Å². The van der Waals surface area contributed by atoms with E-state index in [4.69, 9.17) is 5.84 Å². The van der Waals surface area contributed by atoms with Gasteiger partial charge in [0.05, 0.1) is 22.4 Å². The average molecular weight is 402 g/mol. The summed E-state index contributed by atoms with van der Waals surface area (Å²) in [6.07, 6.45) is 2.85. The smallest absolute Gasteiger partial charge is 0.0892 e. The van der Waals surface area contributed by atoms with Gasteiger partial charge in [-0.1, -0.05) is 28.9 Å². The maximum Gasteiger partial charge on any atom is 0.0892 e. The van der Waals surface area contributed by atoms with Crippen molar-refractivity contribution in [1.29, 1.82) is 0 Å². The molecule has 0 aliphatic rings. The first-order valence-corrected chi connectivity index (χ1v) is 8.10. The average Bonchev–Trinajstić information content (AvgIpc) is 2.75. The van der Waals surface area contributed by atoms with Crippen molar-refractivity contribution in [3.63, 3.8) is 0 Å². The number of nitrogens with one attached hydrogen (secondary N) is 1. The molecule has 6 heteroatoms. The number of hydrogen-bond donors (Lipinski definition) is 2. The van der Waals surface area contributed by atoms with Crippen LogP contribution in [0.1, 0.15) is 36.2 Å². The van der Waals surface area contributed by atoms with E-state index in [2.05, 4.69) is 68.4 Å². The summed E-state index contributed by atoms with van der Waals surface area (Å²) >= 11 is 7.07. The Hall–Kier alpha value is -0.690. The summed E-state index contributed by atoms with van der Waals surface area (Å²) in [7, 11) is 0. The lowest BCUT2D eigenvalue weighted by atomic mass is 9.99. The van der Waals surface area contributed by atoms with E-state index in [0.717, 1.165) is 33.2 Å². The maximum absolute atomic E-state index is 5.81. The van der Waals surface area contributed by atoms with E-state index in [1.54, 1.807) is 0 Å². The maximum atomic E-state index is 5.81. The summed E-state index contributed by atoms with van der Waals surface area (Å²) in [5, 5.41) is 4.41. The second-order valence-corrected chi connectivity index (χ2v) is 6.47. The standard InChI is InChI=1S/C14H18Br2N4/c1-3-6-20-14(12(16)8-18-20)13(19-17)11-5-4-10(15)7-9(11)2/h4-5,7-8,13,19H,3,6,17H2,1-2H3. The van der Waals surface area contributed by atoms with Crippen LogP contribution in [0.4, 0.5) is 0 Å². The molecule has 0 radical (unpaired) electrons. The predicted molar refractivity (Wildman–Crippen MR) is 88.3 cm³/mol. The highest BCUT2D eigenvalue weighted by atomic mass is 79.9. The first-order valence-electron chi connectivity index (χ1n) is 6.51. The van der Waals surface area contributed by atoms with Gasteiger partial charge < -0.3 is 0 Å². The van der Waals surface area contributed by atoms with Gasteiger partial charge in [-0.25, -0.2) is 5.43 Å². The lowest BCUT2D eigenvalue weighted by molar-refractivity contribution is 0.518. The molecule has 0 amide bonds. The molecule has 1 heterocycles. The molecule has 2 rings (SSSR count). The molecule has 0 fully saturated rings. The van der Waals surface area contributed by atoms with Gasteiger partial charge in [-0.15, -0.1) is 0 Å². The molecule has 0 saturated heterocycles. The summed E-state index contributed by atoms with van der Waals surface area (Å²) in [5.74, 6) is 5.81. The van der Waals surface area contributed by atoms with Crippen LogP contribution in [0.2, 0.25) is 0 Å². The predicted octanol–water partition coefficient (Wildman–Crippen LogP) is 3.68. The highest BCUT2D eigenvalue weighted by Crippen LogP contribution is 2.31. The number of halogens is 2. The Bertz CT molecular complexity index is 595. The van der Waals surface area contributed by atoms with Crippen molar-refractivity contribution < 1.29 is 0 Å². The Balaban J connectivity index is 2.49. The summed E-state index contributed by atoms with van der Waals surface area (Å²) in [5.41, 5.74) is 6.30. The van der Waals surface area contributed by atoms with Crippen LogP contribution in [-0.4, -0.2) is 9.78 Å². The van der Waals surface area contributed by atoms with Crippen molar-refractivity contribution >= 4 is 31.9 Å². The molecule has 0 aliphatic heterocycles. The zero-order valence-corrected chi connectivity index (χ0v) is 14.7. The Morgan fingerprint density at radius 1 is 1.40 bits per heavy atom. The zero-order valence-electron chi connectivity index (χ0n) is 11.5. The molecule has 108 valence electrons. The number of benzene rings is 1. The van der Waals surface area contributed by atoms with Crippen LogP contribution in [0.25, 0.3) is 0 Å². The van der Waals surface area contributed by atoms with Gasteiger partial charge in [-0.05, 0) is 52.5 Å². The number of aryl methyl sites for hydroxylation is 2. The van der Waals surface area contributed by atoms with Gasteiger partial charge in [0.1, 0.15) is 0 Å². The minimum absolute atomic E-state index is 0.0912. The van der Waals surface area contributed by atoms with E-state index in [0.29, 0.717) is 0 Å². The van der Waals surface area contributed by atoms with Gasteiger partial charge in [0.15, 0.2) is 0 Å². The molecule has 2 aromatic rings. The van der Waals surface area contributed by atoms with Crippen LogP contribution in [0, 0.1) is 6.92 Å². The van der Waals surface area contributed by atoms with Crippen LogP contribution >= 0.6 is 31.9 Å². The number of nitrogens with zero attached hydrogens (tertiary/aromatic N) is 2. The number of hydrazine groups is 1. The summed E-state index contributed by atoms with van der Waals surface area (Å²) in [6.45, 7) is 5.09. The van der Waals surface area contributed by atoms with Gasteiger partial charge in [0.25, 0.3) is 0 Å². The van der Waals surface area contributed by atoms with E-state index in [1.165, 1.54) is 5.56 Å². The molecule has 1 atom stereocenters. The Kier molecular flexibility index (Phi) is 5.37. The molecule has 1 unspecified atom stereocenters. The van der Waals surface area contributed by atoms with Crippen LogP contribution in [0.3, 0.4) is 0 Å². The third-order valence-electron chi connectivity index (χ3n) is 3.25. The molecule has 1 aromatic heterocycles. The Morgan fingerprint density at radius 2 is 2.15 bits per heavy atom. The van der Waals surface area contributed by atoms with Crippen molar-refractivity contribution in [2.24, 2.45) is 5.84 Å². The number of aromatic nitrogens is 2. The molecule has 0 aliphatic carbocycles. The Labute approximate surface area is 136 Å². The zero-order chi connectivity index (χ0) is 14.7. The number of hydrogen-bond acceptors (Lipinski definition) is 3. The lowest BCUT2D eigenvalue weighted by Crippen LogP contribution is -2.31. The normalized spacial score (nSPS) is 12.7. The van der Waals surface area contributed by atoms with Crippen LogP contribution in [0.15, 0.2) is 33.3 Å². The first-order chi connectivity index (χ1) is 9.58. The first kappa shape index (κ1) is 15.7. The highest BCUT2D eigenvalue weighted by molar-refractivity contribution is 9.10. The molecule has 3 N–H and O–H groups in total.